The molecule has 0 radical (unpaired) electrons. The summed E-state index contributed by atoms with van der Waals surface area (Å²) in [7, 11) is 1.31. The van der Waals surface area contributed by atoms with Gasteiger partial charge in [0.25, 0.3) is 0 Å². The Kier molecular flexibility index (Phi) is 26.5. The number of nitrogens with one attached hydrogen (secondary N) is 1. The first-order chi connectivity index (χ1) is 24.4. The molecule has 0 spiro atoms. The fourth-order valence-corrected chi connectivity index (χ4v) is 5.84. The number of nitrogens with zero attached hydrogens (tertiary/aromatic N) is 1. The molecule has 13 heteroatoms. The van der Waals surface area contributed by atoms with Crippen LogP contribution in [0, 0.1) is 0 Å². The minimum Gasteiger partial charge on any atom is -0.462 e. The average molecular weight is 744 g/mol. The zero-order chi connectivity index (χ0) is 37.6. The Morgan fingerprint density at radius 1 is 0.725 bits per heavy atom. The van der Waals surface area contributed by atoms with Crippen LogP contribution >= 0.6 is 7.82 Å². The van der Waals surface area contributed by atoms with Gasteiger partial charge in [-0.25, -0.2) is 9.36 Å². The molecule has 1 aromatic rings. The van der Waals surface area contributed by atoms with E-state index in [2.05, 4.69) is 12.2 Å². The zero-order valence-electron chi connectivity index (χ0n) is 32.0. The Morgan fingerprint density at radius 3 is 1.84 bits per heavy atom. The number of rotatable bonds is 32. The third kappa shape index (κ3) is 29.7. The van der Waals surface area contributed by atoms with E-state index in [9.17, 15) is 23.8 Å². The van der Waals surface area contributed by atoms with E-state index in [1.54, 1.807) is 0 Å². The van der Waals surface area contributed by atoms with Gasteiger partial charge in [0.1, 0.15) is 26.4 Å². The first-order valence-electron chi connectivity index (χ1n) is 19.1. The van der Waals surface area contributed by atoms with Crippen molar-refractivity contribution in [2.75, 3.05) is 54.1 Å². The SMILES string of the molecule is CCCCCCCCCCCCCCCCCC(=O)OC[C@H](COP(=O)(O)OCC[N+](C)(C)C)OC(=O)CCCNC(=O)OCc1ccccc1. The van der Waals surface area contributed by atoms with Gasteiger partial charge in [0, 0.05) is 19.4 Å². The number of carbonyl (C=O) groups is 3. The summed E-state index contributed by atoms with van der Waals surface area (Å²) in [4.78, 5) is 47.1. The van der Waals surface area contributed by atoms with Crippen LogP contribution in [0.15, 0.2) is 30.3 Å². The number of hydrogen-bond acceptors (Lipinski definition) is 9. The van der Waals surface area contributed by atoms with Crippen molar-refractivity contribution in [3.05, 3.63) is 35.9 Å². The molecule has 0 aromatic heterocycles. The molecule has 0 aliphatic heterocycles. The van der Waals surface area contributed by atoms with Crippen LogP contribution in [-0.2, 0) is 44.0 Å². The van der Waals surface area contributed by atoms with Gasteiger partial charge >= 0.3 is 25.9 Å². The normalized spacial score (nSPS) is 13.3. The molecular weight excluding hydrogens is 675 g/mol. The van der Waals surface area contributed by atoms with Gasteiger partial charge in [-0.1, -0.05) is 127 Å². The van der Waals surface area contributed by atoms with Crippen LogP contribution in [0.2, 0.25) is 0 Å². The fourth-order valence-electron chi connectivity index (χ4n) is 5.10. The van der Waals surface area contributed by atoms with Crippen molar-refractivity contribution in [2.24, 2.45) is 0 Å². The summed E-state index contributed by atoms with van der Waals surface area (Å²) in [6, 6.07) is 9.25. The number of quaternary nitrogens is 1. The summed E-state index contributed by atoms with van der Waals surface area (Å²) < 4.78 is 39.0. The first kappa shape index (κ1) is 46.5. The maximum atomic E-state index is 12.6. The molecule has 0 saturated carbocycles. The van der Waals surface area contributed by atoms with Gasteiger partial charge in [-0.05, 0) is 18.4 Å². The number of carbonyl (C=O) groups excluding carboxylic acids is 3. The van der Waals surface area contributed by atoms with Gasteiger partial charge in [-0.15, -0.1) is 0 Å². The summed E-state index contributed by atoms with van der Waals surface area (Å²) >= 11 is 0. The molecule has 1 rings (SSSR count). The summed E-state index contributed by atoms with van der Waals surface area (Å²) in [6.07, 6.45) is 17.1. The van der Waals surface area contributed by atoms with Crippen LogP contribution in [0.3, 0.4) is 0 Å². The highest BCUT2D eigenvalue weighted by Crippen LogP contribution is 2.43. The van der Waals surface area contributed by atoms with E-state index in [4.69, 9.17) is 23.3 Å². The number of hydrogen-bond donors (Lipinski definition) is 2. The number of phosphoric acid groups is 1. The van der Waals surface area contributed by atoms with Crippen molar-refractivity contribution in [3.63, 3.8) is 0 Å². The smallest absolute Gasteiger partial charge is 0.462 e. The molecule has 0 bridgehead atoms. The number of unbranched alkanes of at least 4 members (excludes halogenated alkanes) is 14. The highest BCUT2D eigenvalue weighted by Gasteiger charge is 2.27. The largest absolute Gasteiger partial charge is 0.472 e. The molecule has 1 unspecified atom stereocenters. The molecule has 2 atom stereocenters. The van der Waals surface area contributed by atoms with E-state index in [0.29, 0.717) is 17.4 Å². The lowest BCUT2D eigenvalue weighted by Crippen LogP contribution is -2.37. The predicted octanol–water partition coefficient (Wildman–Crippen LogP) is 8.25. The zero-order valence-corrected chi connectivity index (χ0v) is 32.8. The van der Waals surface area contributed by atoms with E-state index < -0.39 is 38.6 Å². The minimum atomic E-state index is -4.44. The molecule has 1 amide bonds. The van der Waals surface area contributed by atoms with Crippen molar-refractivity contribution in [1.82, 2.24) is 5.32 Å². The molecule has 0 fully saturated rings. The van der Waals surface area contributed by atoms with Gasteiger partial charge in [0.15, 0.2) is 6.10 Å². The lowest BCUT2D eigenvalue weighted by atomic mass is 10.0. The second kappa shape index (κ2) is 29.0. The van der Waals surface area contributed by atoms with Gasteiger partial charge < -0.3 is 28.9 Å². The molecule has 0 heterocycles. The Labute approximate surface area is 307 Å². The second-order valence-electron chi connectivity index (χ2n) is 14.2. The summed E-state index contributed by atoms with van der Waals surface area (Å²) in [5.74, 6) is -1.07. The van der Waals surface area contributed by atoms with Crippen LogP contribution in [0.25, 0.3) is 0 Å². The number of phosphoric ester groups is 1. The Hall–Kier alpha value is -2.50. The second-order valence-corrected chi connectivity index (χ2v) is 15.7. The number of alkyl carbamates (subject to hydrolysis) is 1. The third-order valence-electron chi connectivity index (χ3n) is 8.19. The van der Waals surface area contributed by atoms with E-state index >= 15 is 0 Å². The first-order valence-corrected chi connectivity index (χ1v) is 20.6. The summed E-state index contributed by atoms with van der Waals surface area (Å²) in [5.41, 5.74) is 0.853. The van der Waals surface area contributed by atoms with E-state index in [1.807, 2.05) is 51.5 Å². The number of esters is 2. The van der Waals surface area contributed by atoms with Gasteiger partial charge in [0.05, 0.1) is 27.7 Å². The highest BCUT2D eigenvalue weighted by molar-refractivity contribution is 7.47. The van der Waals surface area contributed by atoms with Crippen molar-refractivity contribution in [1.29, 1.82) is 0 Å². The quantitative estimate of drug-likeness (QED) is 0.0243. The summed E-state index contributed by atoms with van der Waals surface area (Å²) in [5, 5.41) is 2.58. The lowest BCUT2D eigenvalue weighted by molar-refractivity contribution is -0.870. The van der Waals surface area contributed by atoms with Crippen molar-refractivity contribution in [3.8, 4) is 0 Å². The van der Waals surface area contributed by atoms with Crippen LogP contribution in [-0.4, -0.2) is 87.6 Å². The van der Waals surface area contributed by atoms with E-state index in [1.165, 1.54) is 70.6 Å². The van der Waals surface area contributed by atoms with Crippen LogP contribution in [0.5, 0.6) is 0 Å². The predicted molar refractivity (Wildman–Crippen MR) is 199 cm³/mol. The van der Waals surface area contributed by atoms with Gasteiger partial charge in [-0.3, -0.25) is 18.6 Å². The topological polar surface area (TPSA) is 147 Å². The van der Waals surface area contributed by atoms with Crippen LogP contribution < -0.4 is 5.32 Å². The third-order valence-corrected chi connectivity index (χ3v) is 9.18. The lowest BCUT2D eigenvalue weighted by Gasteiger charge is -2.24. The maximum absolute atomic E-state index is 12.6. The monoisotopic (exact) mass is 743 g/mol. The fraction of sp³-hybridized carbons (Fsp3) is 0.763. The number of benzene rings is 1. The molecule has 294 valence electrons. The van der Waals surface area contributed by atoms with Crippen LogP contribution in [0.4, 0.5) is 4.79 Å². The molecule has 51 heavy (non-hydrogen) atoms. The molecule has 12 nitrogen and oxygen atoms in total. The molecule has 0 aliphatic rings. The number of amides is 1. The number of likely N-dealkylation sites (N-methyl/N-ethyl adjacent to an activating group) is 1. The molecule has 0 saturated heterocycles. The Bertz CT molecular complexity index is 1100. The average Bonchev–Trinajstić information content (AvgIpc) is 3.08. The van der Waals surface area contributed by atoms with E-state index in [0.717, 1.165) is 24.8 Å². The molecule has 1 aromatic carbocycles. The standard InChI is InChI=1S/C38H67N2O10P/c1-5-6-7-8-9-10-11-12-13-14-15-16-17-18-22-26-36(41)46-32-35(33-49-51(44,45)48-30-29-40(2,3)4)50-37(42)27-23-28-39-38(43)47-31-34-24-20-19-21-25-34/h19-21,24-25,35H,5-18,22-23,26-33H2,1-4H3,(H-,39,43,44,45)/p+1/t35-/m1/s1. The van der Waals surface area contributed by atoms with E-state index in [-0.39, 0.29) is 45.6 Å². The van der Waals surface area contributed by atoms with Crippen molar-refractivity contribution < 1.29 is 51.6 Å². The number of ether oxygens (including phenoxy) is 3. The molecular formula is C38H68N2O10P+. The summed E-state index contributed by atoms with van der Waals surface area (Å²) in [6.45, 7) is 2.17. The minimum absolute atomic E-state index is 0.0171. The maximum Gasteiger partial charge on any atom is 0.472 e. The Balaban J connectivity index is 2.34. The van der Waals surface area contributed by atoms with Crippen molar-refractivity contribution in [2.45, 2.75) is 135 Å². The van der Waals surface area contributed by atoms with Gasteiger partial charge in [-0.2, -0.15) is 0 Å². The van der Waals surface area contributed by atoms with Crippen LogP contribution in [0.1, 0.15) is 128 Å². The molecule has 0 aliphatic carbocycles. The van der Waals surface area contributed by atoms with Gasteiger partial charge in [0.2, 0.25) is 0 Å². The van der Waals surface area contributed by atoms with Crippen molar-refractivity contribution >= 4 is 25.9 Å². The highest BCUT2D eigenvalue weighted by atomic mass is 31.2. The Morgan fingerprint density at radius 2 is 1.27 bits per heavy atom. The molecule has 2 N–H and O–H groups in total.